The molecular formula is C67H116O6. The van der Waals surface area contributed by atoms with Crippen molar-refractivity contribution in [2.75, 3.05) is 13.2 Å². The second-order valence-corrected chi connectivity index (χ2v) is 20.6. The van der Waals surface area contributed by atoms with Gasteiger partial charge in [-0.2, -0.15) is 0 Å². The summed E-state index contributed by atoms with van der Waals surface area (Å²) in [6, 6.07) is 0. The van der Waals surface area contributed by atoms with E-state index < -0.39 is 6.10 Å². The Balaban J connectivity index is 4.10. The number of hydrogen-bond acceptors (Lipinski definition) is 6. The molecule has 6 nitrogen and oxygen atoms in total. The topological polar surface area (TPSA) is 78.9 Å². The van der Waals surface area contributed by atoms with E-state index in [-0.39, 0.29) is 37.5 Å². The van der Waals surface area contributed by atoms with Gasteiger partial charge in [0, 0.05) is 19.3 Å². The average molecular weight is 1020 g/mol. The van der Waals surface area contributed by atoms with Gasteiger partial charge in [-0.25, -0.2) is 0 Å². The minimum Gasteiger partial charge on any atom is -0.462 e. The van der Waals surface area contributed by atoms with Crippen LogP contribution in [-0.4, -0.2) is 37.2 Å². The molecule has 0 saturated carbocycles. The summed E-state index contributed by atoms with van der Waals surface area (Å²) in [5.74, 6) is -0.964. The van der Waals surface area contributed by atoms with Crippen LogP contribution >= 0.6 is 0 Å². The summed E-state index contributed by atoms with van der Waals surface area (Å²) >= 11 is 0. The molecular weight excluding hydrogens is 901 g/mol. The van der Waals surface area contributed by atoms with Crippen molar-refractivity contribution in [1.29, 1.82) is 0 Å². The van der Waals surface area contributed by atoms with E-state index in [2.05, 4.69) is 106 Å². The Hall–Kier alpha value is -3.41. The summed E-state index contributed by atoms with van der Waals surface area (Å²) in [4.78, 5) is 37.8. The van der Waals surface area contributed by atoms with E-state index in [1.54, 1.807) is 0 Å². The molecule has 73 heavy (non-hydrogen) atoms. The molecule has 0 spiro atoms. The lowest BCUT2D eigenvalue weighted by atomic mass is 10.0. The van der Waals surface area contributed by atoms with Crippen LogP contribution in [0.4, 0.5) is 0 Å². The van der Waals surface area contributed by atoms with Crippen molar-refractivity contribution in [3.63, 3.8) is 0 Å². The molecule has 0 aromatic rings. The monoisotopic (exact) mass is 1020 g/mol. The van der Waals surface area contributed by atoms with E-state index in [0.29, 0.717) is 19.3 Å². The fourth-order valence-electron chi connectivity index (χ4n) is 8.79. The lowest BCUT2D eigenvalue weighted by molar-refractivity contribution is -0.167. The van der Waals surface area contributed by atoms with E-state index in [9.17, 15) is 14.4 Å². The summed E-state index contributed by atoms with van der Waals surface area (Å²) < 4.78 is 16.7. The van der Waals surface area contributed by atoms with Gasteiger partial charge in [0.15, 0.2) is 6.10 Å². The fourth-order valence-corrected chi connectivity index (χ4v) is 8.79. The highest BCUT2D eigenvalue weighted by Crippen LogP contribution is 2.17. The molecule has 420 valence electrons. The lowest BCUT2D eigenvalue weighted by Crippen LogP contribution is -2.30. The largest absolute Gasteiger partial charge is 0.462 e. The molecule has 0 aliphatic rings. The van der Waals surface area contributed by atoms with E-state index in [4.69, 9.17) is 14.2 Å². The number of allylic oxidation sites excluding steroid dienone is 14. The molecule has 0 saturated heterocycles. The van der Waals surface area contributed by atoms with Crippen molar-refractivity contribution in [2.24, 2.45) is 0 Å². The Kier molecular flexibility index (Phi) is 58.3. The molecule has 0 aromatic carbocycles. The summed E-state index contributed by atoms with van der Waals surface area (Å²) in [5, 5.41) is 0. The first-order chi connectivity index (χ1) is 36.0. The van der Waals surface area contributed by atoms with Crippen LogP contribution in [0.3, 0.4) is 0 Å². The van der Waals surface area contributed by atoms with Crippen LogP contribution in [0, 0.1) is 0 Å². The zero-order valence-corrected chi connectivity index (χ0v) is 48.1. The molecule has 0 rings (SSSR count). The molecule has 0 aromatic heterocycles. The molecule has 0 radical (unpaired) electrons. The van der Waals surface area contributed by atoms with Gasteiger partial charge in [-0.15, -0.1) is 0 Å². The molecule has 0 aliphatic heterocycles. The van der Waals surface area contributed by atoms with Crippen LogP contribution in [0.1, 0.15) is 303 Å². The number of unbranched alkanes of at least 4 members (excludes halogenated alkanes) is 31. The van der Waals surface area contributed by atoms with Crippen LogP contribution < -0.4 is 0 Å². The number of ether oxygens (including phenoxy) is 3. The Morgan fingerprint density at radius 3 is 0.822 bits per heavy atom. The fraction of sp³-hybridized carbons (Fsp3) is 0.746. The van der Waals surface area contributed by atoms with Gasteiger partial charge in [-0.05, 0) is 70.6 Å². The molecule has 6 heteroatoms. The van der Waals surface area contributed by atoms with Gasteiger partial charge in [-0.3, -0.25) is 14.4 Å². The average Bonchev–Trinajstić information content (AvgIpc) is 3.39. The number of rotatable bonds is 56. The van der Waals surface area contributed by atoms with Gasteiger partial charge in [-0.1, -0.05) is 298 Å². The van der Waals surface area contributed by atoms with Crippen LogP contribution in [-0.2, 0) is 28.6 Å². The highest BCUT2D eigenvalue weighted by molar-refractivity contribution is 5.71. The van der Waals surface area contributed by atoms with Crippen molar-refractivity contribution in [3.05, 3.63) is 85.1 Å². The quantitative estimate of drug-likeness (QED) is 0.0261. The second-order valence-electron chi connectivity index (χ2n) is 20.6. The third-order valence-corrected chi connectivity index (χ3v) is 13.4. The predicted molar refractivity (Wildman–Crippen MR) is 316 cm³/mol. The Bertz CT molecular complexity index is 1400. The minimum absolute atomic E-state index is 0.0975. The molecule has 1 unspecified atom stereocenters. The van der Waals surface area contributed by atoms with Crippen LogP contribution in [0.2, 0.25) is 0 Å². The Labute approximate surface area is 452 Å². The Morgan fingerprint density at radius 1 is 0.288 bits per heavy atom. The summed E-state index contributed by atoms with van der Waals surface area (Å²) in [6.07, 6.45) is 80.8. The van der Waals surface area contributed by atoms with Gasteiger partial charge in [0.25, 0.3) is 0 Å². The highest BCUT2D eigenvalue weighted by atomic mass is 16.6. The molecule has 0 heterocycles. The summed E-state index contributed by atoms with van der Waals surface area (Å²) in [7, 11) is 0. The van der Waals surface area contributed by atoms with Gasteiger partial charge in [0.2, 0.25) is 0 Å². The van der Waals surface area contributed by atoms with E-state index in [1.165, 1.54) is 154 Å². The van der Waals surface area contributed by atoms with Gasteiger partial charge in [0.1, 0.15) is 13.2 Å². The third-order valence-electron chi connectivity index (χ3n) is 13.4. The lowest BCUT2D eigenvalue weighted by Gasteiger charge is -2.18. The van der Waals surface area contributed by atoms with Crippen molar-refractivity contribution >= 4 is 17.9 Å². The summed E-state index contributed by atoms with van der Waals surface area (Å²) in [5.41, 5.74) is 0. The van der Waals surface area contributed by atoms with E-state index >= 15 is 0 Å². The smallest absolute Gasteiger partial charge is 0.306 e. The number of esters is 3. The third kappa shape index (κ3) is 59.3. The van der Waals surface area contributed by atoms with Gasteiger partial charge in [0.05, 0.1) is 0 Å². The van der Waals surface area contributed by atoms with Crippen LogP contribution in [0.5, 0.6) is 0 Å². The summed E-state index contributed by atoms with van der Waals surface area (Å²) in [6.45, 7) is 6.42. The normalized spacial score (nSPS) is 12.6. The van der Waals surface area contributed by atoms with Crippen LogP contribution in [0.25, 0.3) is 0 Å². The Morgan fingerprint density at radius 2 is 0.534 bits per heavy atom. The predicted octanol–water partition coefficient (Wildman–Crippen LogP) is 21.1. The standard InChI is InChI=1S/C67H116O6/c1-4-7-10-13-15-17-19-21-23-25-27-29-31-32-33-34-36-37-39-41-43-45-47-49-51-54-57-60-66(69)72-63-64(62-71-65(68)59-56-53-12-9-6-3)73-67(70)61-58-55-52-50-48-46-44-42-40-38-35-30-28-26-24-22-20-18-16-14-11-8-5-2/h8,11,16,18,22,24,28,30,38,40,44,46,50,52,64H,4-7,9-10,12-15,17,19-21,23,25-27,29,31-37,39,41-43,45,47-49,51,53-63H2,1-3H3/b11-8-,18-16-,24-22-,30-28-,40-38-,46-44-,52-50-. The number of hydrogen-bond donors (Lipinski definition) is 0. The SMILES string of the molecule is CC/C=C\C/C=C\C/C=C\C/C=C\C/C=C\C/C=C\C/C=C\CCCC(=O)OC(COC(=O)CCCCCCC)COC(=O)CCCCCCCCCCCCCCCCCCCCCCCCCCCCC. The highest BCUT2D eigenvalue weighted by Gasteiger charge is 2.19. The van der Waals surface area contributed by atoms with Gasteiger partial charge >= 0.3 is 17.9 Å². The van der Waals surface area contributed by atoms with Crippen molar-refractivity contribution in [3.8, 4) is 0 Å². The van der Waals surface area contributed by atoms with E-state index in [1.807, 2.05) is 0 Å². The molecule has 0 bridgehead atoms. The first kappa shape index (κ1) is 69.6. The zero-order chi connectivity index (χ0) is 52.9. The first-order valence-corrected chi connectivity index (χ1v) is 31.1. The van der Waals surface area contributed by atoms with Gasteiger partial charge < -0.3 is 14.2 Å². The molecule has 1 atom stereocenters. The van der Waals surface area contributed by atoms with Crippen molar-refractivity contribution in [1.82, 2.24) is 0 Å². The maximum Gasteiger partial charge on any atom is 0.306 e. The molecule has 0 amide bonds. The van der Waals surface area contributed by atoms with Crippen LogP contribution in [0.15, 0.2) is 85.1 Å². The zero-order valence-electron chi connectivity index (χ0n) is 48.1. The maximum atomic E-state index is 12.8. The maximum absolute atomic E-state index is 12.8. The second kappa shape index (κ2) is 61.1. The minimum atomic E-state index is -0.803. The van der Waals surface area contributed by atoms with E-state index in [0.717, 1.165) is 103 Å². The van der Waals surface area contributed by atoms with Crippen molar-refractivity contribution < 1.29 is 28.6 Å². The molecule has 0 fully saturated rings. The number of carbonyl (C=O) groups is 3. The number of carbonyl (C=O) groups excluding carboxylic acids is 3. The molecule has 0 aliphatic carbocycles. The van der Waals surface area contributed by atoms with Crippen molar-refractivity contribution in [2.45, 2.75) is 309 Å². The molecule has 0 N–H and O–H groups in total. The first-order valence-electron chi connectivity index (χ1n) is 31.1.